The molecule has 1 fully saturated rings. The summed E-state index contributed by atoms with van der Waals surface area (Å²) >= 11 is 3.46. The van der Waals surface area contributed by atoms with Gasteiger partial charge in [-0.05, 0) is 17.7 Å². The lowest BCUT2D eigenvalue weighted by atomic mass is 10.1. The Morgan fingerprint density at radius 1 is 1.46 bits per heavy atom. The van der Waals surface area contributed by atoms with E-state index in [1.54, 1.807) is 0 Å². The van der Waals surface area contributed by atoms with Crippen molar-refractivity contribution in [2.45, 2.75) is 12.6 Å². The van der Waals surface area contributed by atoms with Gasteiger partial charge in [0, 0.05) is 30.1 Å². The molecule has 0 radical (unpaired) electrons. The molecule has 0 atom stereocenters. The average molecular weight is 241 g/mol. The van der Waals surface area contributed by atoms with Crippen LogP contribution in [0.1, 0.15) is 5.56 Å². The summed E-state index contributed by atoms with van der Waals surface area (Å²) in [6.07, 6.45) is 0. The van der Waals surface area contributed by atoms with E-state index in [0.717, 1.165) is 24.1 Å². The first-order valence-corrected chi connectivity index (χ1v) is 5.32. The highest BCUT2D eigenvalue weighted by atomic mass is 79.9. The molecule has 0 unspecified atom stereocenters. The molecule has 1 aliphatic rings. The third kappa shape index (κ3) is 2.53. The Morgan fingerprint density at radius 3 is 2.92 bits per heavy atom. The number of halogens is 1. The first-order valence-electron chi connectivity index (χ1n) is 4.53. The molecule has 0 aliphatic carbocycles. The van der Waals surface area contributed by atoms with Crippen LogP contribution in [0.3, 0.4) is 0 Å². The van der Waals surface area contributed by atoms with Gasteiger partial charge in [0.25, 0.3) is 0 Å². The molecule has 1 heterocycles. The van der Waals surface area contributed by atoms with Crippen LogP contribution in [0.2, 0.25) is 0 Å². The predicted octanol–water partition coefficient (Wildman–Crippen LogP) is 1.51. The second-order valence-corrected chi connectivity index (χ2v) is 4.28. The molecule has 1 aromatic rings. The van der Waals surface area contributed by atoms with Crippen molar-refractivity contribution in [3.05, 3.63) is 34.3 Å². The summed E-state index contributed by atoms with van der Waals surface area (Å²) < 4.78 is 1.15. The van der Waals surface area contributed by atoms with Crippen molar-refractivity contribution in [2.75, 3.05) is 13.1 Å². The minimum atomic E-state index is 0.666. The molecule has 1 aliphatic heterocycles. The summed E-state index contributed by atoms with van der Waals surface area (Å²) in [5.74, 6) is 0. The SMILES string of the molecule is Brc1cccc(CNC2CNC2)c1. The van der Waals surface area contributed by atoms with Gasteiger partial charge in [-0.1, -0.05) is 28.1 Å². The Bertz CT molecular complexity index is 284. The third-order valence-corrected chi connectivity index (χ3v) is 2.76. The van der Waals surface area contributed by atoms with E-state index in [9.17, 15) is 0 Å². The summed E-state index contributed by atoms with van der Waals surface area (Å²) in [4.78, 5) is 0. The molecular formula is C10H13BrN2. The summed E-state index contributed by atoms with van der Waals surface area (Å²) in [5.41, 5.74) is 1.33. The molecule has 0 saturated carbocycles. The van der Waals surface area contributed by atoms with Gasteiger partial charge in [0.05, 0.1) is 0 Å². The zero-order chi connectivity index (χ0) is 9.10. The van der Waals surface area contributed by atoms with Crippen molar-refractivity contribution in [1.29, 1.82) is 0 Å². The smallest absolute Gasteiger partial charge is 0.0320 e. The second kappa shape index (κ2) is 4.22. The minimum absolute atomic E-state index is 0.666. The number of hydrogen-bond donors (Lipinski definition) is 2. The molecule has 3 heteroatoms. The molecule has 70 valence electrons. The van der Waals surface area contributed by atoms with Crippen LogP contribution in [-0.4, -0.2) is 19.1 Å². The van der Waals surface area contributed by atoms with E-state index in [-0.39, 0.29) is 0 Å². The lowest BCUT2D eigenvalue weighted by Crippen LogP contribution is -2.54. The number of nitrogens with one attached hydrogen (secondary N) is 2. The monoisotopic (exact) mass is 240 g/mol. The molecule has 13 heavy (non-hydrogen) atoms. The van der Waals surface area contributed by atoms with Gasteiger partial charge in [0.2, 0.25) is 0 Å². The third-order valence-electron chi connectivity index (χ3n) is 2.27. The number of rotatable bonds is 3. The topological polar surface area (TPSA) is 24.1 Å². The van der Waals surface area contributed by atoms with Crippen LogP contribution in [0, 0.1) is 0 Å². The molecule has 2 nitrogen and oxygen atoms in total. The fourth-order valence-corrected chi connectivity index (χ4v) is 1.79. The van der Waals surface area contributed by atoms with Crippen molar-refractivity contribution in [3.63, 3.8) is 0 Å². The summed E-state index contributed by atoms with van der Waals surface area (Å²) in [6, 6.07) is 9.08. The first-order chi connectivity index (χ1) is 6.34. The van der Waals surface area contributed by atoms with Crippen LogP contribution in [0.4, 0.5) is 0 Å². The largest absolute Gasteiger partial charge is 0.314 e. The van der Waals surface area contributed by atoms with Gasteiger partial charge in [0.1, 0.15) is 0 Å². The quantitative estimate of drug-likeness (QED) is 0.838. The van der Waals surface area contributed by atoms with Crippen LogP contribution in [-0.2, 0) is 6.54 Å². The van der Waals surface area contributed by atoms with E-state index in [4.69, 9.17) is 0 Å². The maximum absolute atomic E-state index is 3.48. The molecule has 2 rings (SSSR count). The van der Waals surface area contributed by atoms with Gasteiger partial charge >= 0.3 is 0 Å². The predicted molar refractivity (Wildman–Crippen MR) is 57.6 cm³/mol. The average Bonchev–Trinajstić information content (AvgIpc) is 2.01. The standard InChI is InChI=1S/C10H13BrN2/c11-9-3-1-2-8(4-9)5-13-10-6-12-7-10/h1-4,10,12-13H,5-7H2. The van der Waals surface area contributed by atoms with Gasteiger partial charge in [-0.3, -0.25) is 0 Å². The fraction of sp³-hybridized carbons (Fsp3) is 0.400. The van der Waals surface area contributed by atoms with Gasteiger partial charge < -0.3 is 10.6 Å². The van der Waals surface area contributed by atoms with Crippen molar-refractivity contribution in [3.8, 4) is 0 Å². The van der Waals surface area contributed by atoms with E-state index in [2.05, 4.69) is 50.8 Å². The molecular weight excluding hydrogens is 228 g/mol. The van der Waals surface area contributed by atoms with Crippen LogP contribution in [0.15, 0.2) is 28.7 Å². The normalized spacial score (nSPS) is 17.0. The minimum Gasteiger partial charge on any atom is -0.314 e. The lowest BCUT2D eigenvalue weighted by Gasteiger charge is -2.28. The number of benzene rings is 1. The van der Waals surface area contributed by atoms with E-state index >= 15 is 0 Å². The summed E-state index contributed by atoms with van der Waals surface area (Å²) in [5, 5.41) is 6.72. The van der Waals surface area contributed by atoms with Crippen molar-refractivity contribution in [2.24, 2.45) is 0 Å². The number of hydrogen-bond acceptors (Lipinski definition) is 2. The fourth-order valence-electron chi connectivity index (χ4n) is 1.34. The van der Waals surface area contributed by atoms with E-state index in [0.29, 0.717) is 6.04 Å². The van der Waals surface area contributed by atoms with Gasteiger partial charge in [-0.15, -0.1) is 0 Å². The highest BCUT2D eigenvalue weighted by Crippen LogP contribution is 2.11. The second-order valence-electron chi connectivity index (χ2n) is 3.37. The molecule has 1 aromatic carbocycles. The zero-order valence-corrected chi connectivity index (χ0v) is 8.97. The Balaban J connectivity index is 1.86. The molecule has 2 N–H and O–H groups in total. The van der Waals surface area contributed by atoms with Gasteiger partial charge in [0.15, 0.2) is 0 Å². The molecule has 0 bridgehead atoms. The maximum atomic E-state index is 3.48. The van der Waals surface area contributed by atoms with Crippen LogP contribution < -0.4 is 10.6 Å². The Hall–Kier alpha value is -0.380. The van der Waals surface area contributed by atoms with Gasteiger partial charge in [-0.25, -0.2) is 0 Å². The summed E-state index contributed by atoms with van der Waals surface area (Å²) in [7, 11) is 0. The molecule has 0 spiro atoms. The Morgan fingerprint density at radius 2 is 2.31 bits per heavy atom. The van der Waals surface area contributed by atoms with Crippen molar-refractivity contribution < 1.29 is 0 Å². The molecule has 1 saturated heterocycles. The zero-order valence-electron chi connectivity index (χ0n) is 7.39. The van der Waals surface area contributed by atoms with E-state index in [1.807, 2.05) is 0 Å². The van der Waals surface area contributed by atoms with E-state index < -0.39 is 0 Å². The highest BCUT2D eigenvalue weighted by Gasteiger charge is 2.14. The van der Waals surface area contributed by atoms with Crippen molar-refractivity contribution >= 4 is 15.9 Å². The summed E-state index contributed by atoms with van der Waals surface area (Å²) in [6.45, 7) is 3.17. The van der Waals surface area contributed by atoms with Crippen LogP contribution >= 0.6 is 15.9 Å². The highest BCUT2D eigenvalue weighted by molar-refractivity contribution is 9.10. The van der Waals surface area contributed by atoms with E-state index in [1.165, 1.54) is 5.56 Å². The molecule has 0 amide bonds. The van der Waals surface area contributed by atoms with Crippen LogP contribution in [0.5, 0.6) is 0 Å². The Labute approximate surface area is 86.9 Å². The van der Waals surface area contributed by atoms with Crippen molar-refractivity contribution in [1.82, 2.24) is 10.6 Å². The Kier molecular flexibility index (Phi) is 2.98. The van der Waals surface area contributed by atoms with Gasteiger partial charge in [-0.2, -0.15) is 0 Å². The molecule has 0 aromatic heterocycles. The maximum Gasteiger partial charge on any atom is 0.0320 e. The lowest BCUT2D eigenvalue weighted by molar-refractivity contribution is 0.365. The van der Waals surface area contributed by atoms with Crippen LogP contribution in [0.25, 0.3) is 0 Å². The first kappa shape index (κ1) is 9.19.